The van der Waals surface area contributed by atoms with Gasteiger partial charge in [0.25, 0.3) is 0 Å². The number of piperidine rings is 2. The molecule has 0 spiro atoms. The highest BCUT2D eigenvalue weighted by atomic mass is 16.6. The molecule has 2 unspecified atom stereocenters. The first-order valence-electron chi connectivity index (χ1n) is 8.79. The van der Waals surface area contributed by atoms with Crippen LogP contribution in [0, 0.1) is 5.92 Å². The number of aliphatic hydroxyl groups is 2. The molecule has 0 saturated carbocycles. The first kappa shape index (κ1) is 18.5. The summed E-state index contributed by atoms with van der Waals surface area (Å²) < 4.78 is 5.42. The fraction of sp³-hybridized carbons (Fsp3) is 0.941. The number of ether oxygens (including phenoxy) is 1. The molecule has 134 valence electrons. The Bertz CT molecular complexity index is 389. The van der Waals surface area contributed by atoms with Gasteiger partial charge in [0, 0.05) is 32.2 Å². The van der Waals surface area contributed by atoms with E-state index in [0.717, 1.165) is 45.4 Å². The van der Waals surface area contributed by atoms with E-state index in [1.807, 2.05) is 20.8 Å². The summed E-state index contributed by atoms with van der Waals surface area (Å²) in [5, 5.41) is 19.2. The zero-order valence-electron chi connectivity index (χ0n) is 14.7. The molecule has 2 heterocycles. The van der Waals surface area contributed by atoms with Crippen LogP contribution in [0.4, 0.5) is 4.79 Å². The number of hydrogen-bond acceptors (Lipinski definition) is 5. The van der Waals surface area contributed by atoms with Gasteiger partial charge in [-0.05, 0) is 52.4 Å². The molecule has 1 amide bonds. The van der Waals surface area contributed by atoms with Gasteiger partial charge < -0.3 is 19.8 Å². The molecular formula is C17H32N2O4. The maximum absolute atomic E-state index is 12.1. The standard InChI is InChI=1S/C17H32N2O4/c1-17(2,3)23-16(22)18-7-4-13(5-8-18)11-19-9-6-15(21)10-14(19)12-20/h13-15,20-21H,4-12H2,1-3H3. The second kappa shape index (κ2) is 7.81. The summed E-state index contributed by atoms with van der Waals surface area (Å²) in [7, 11) is 0. The van der Waals surface area contributed by atoms with Crippen molar-refractivity contribution in [2.75, 3.05) is 32.8 Å². The van der Waals surface area contributed by atoms with Gasteiger partial charge in [-0.3, -0.25) is 4.90 Å². The van der Waals surface area contributed by atoms with E-state index in [2.05, 4.69) is 4.90 Å². The van der Waals surface area contributed by atoms with Crippen LogP contribution >= 0.6 is 0 Å². The first-order chi connectivity index (χ1) is 10.8. The molecule has 2 N–H and O–H groups in total. The fourth-order valence-corrected chi connectivity index (χ4v) is 3.47. The molecule has 0 aromatic rings. The summed E-state index contributed by atoms with van der Waals surface area (Å²) in [6.45, 7) is 9.03. The van der Waals surface area contributed by atoms with Crippen molar-refractivity contribution in [3.8, 4) is 0 Å². The minimum absolute atomic E-state index is 0.0719. The minimum Gasteiger partial charge on any atom is -0.444 e. The van der Waals surface area contributed by atoms with E-state index in [1.165, 1.54) is 0 Å². The van der Waals surface area contributed by atoms with Crippen molar-refractivity contribution < 1.29 is 19.7 Å². The van der Waals surface area contributed by atoms with Crippen molar-refractivity contribution >= 4 is 6.09 Å². The highest BCUT2D eigenvalue weighted by Gasteiger charge is 2.31. The summed E-state index contributed by atoms with van der Waals surface area (Å²) in [6.07, 6.45) is 2.88. The lowest BCUT2D eigenvalue weighted by molar-refractivity contribution is -0.00211. The van der Waals surface area contributed by atoms with E-state index in [4.69, 9.17) is 4.74 Å². The van der Waals surface area contributed by atoms with Gasteiger partial charge in [-0.15, -0.1) is 0 Å². The van der Waals surface area contributed by atoms with Crippen LogP contribution in [0.15, 0.2) is 0 Å². The molecule has 0 aromatic carbocycles. The van der Waals surface area contributed by atoms with Crippen molar-refractivity contribution in [3.05, 3.63) is 0 Å². The monoisotopic (exact) mass is 328 g/mol. The number of aliphatic hydroxyl groups excluding tert-OH is 2. The number of likely N-dealkylation sites (tertiary alicyclic amines) is 2. The Morgan fingerprint density at radius 2 is 1.83 bits per heavy atom. The smallest absolute Gasteiger partial charge is 0.410 e. The van der Waals surface area contributed by atoms with Gasteiger partial charge in [0.05, 0.1) is 12.7 Å². The molecule has 0 aliphatic carbocycles. The Hall–Kier alpha value is -0.850. The van der Waals surface area contributed by atoms with Crippen molar-refractivity contribution in [2.45, 2.75) is 64.2 Å². The quantitative estimate of drug-likeness (QED) is 0.820. The highest BCUT2D eigenvalue weighted by Crippen LogP contribution is 2.24. The summed E-state index contributed by atoms with van der Waals surface area (Å²) in [5.74, 6) is 0.540. The largest absolute Gasteiger partial charge is 0.444 e. The molecular weight excluding hydrogens is 296 g/mol. The maximum Gasteiger partial charge on any atom is 0.410 e. The molecule has 0 bridgehead atoms. The molecule has 2 aliphatic rings. The molecule has 2 rings (SSSR count). The zero-order chi connectivity index (χ0) is 17.0. The van der Waals surface area contributed by atoms with Gasteiger partial charge in [0.15, 0.2) is 0 Å². The minimum atomic E-state index is -0.448. The van der Waals surface area contributed by atoms with Crippen molar-refractivity contribution in [1.29, 1.82) is 0 Å². The van der Waals surface area contributed by atoms with Gasteiger partial charge >= 0.3 is 6.09 Å². The lowest BCUT2D eigenvalue weighted by Crippen LogP contribution is -2.50. The van der Waals surface area contributed by atoms with Gasteiger partial charge in [-0.1, -0.05) is 0 Å². The number of carbonyl (C=O) groups excluding carboxylic acids is 1. The number of amides is 1. The molecule has 0 radical (unpaired) electrons. The molecule has 6 nitrogen and oxygen atoms in total. The first-order valence-corrected chi connectivity index (χ1v) is 8.79. The lowest BCUT2D eigenvalue weighted by atomic mass is 9.93. The third-order valence-corrected chi connectivity index (χ3v) is 4.78. The highest BCUT2D eigenvalue weighted by molar-refractivity contribution is 5.68. The summed E-state index contributed by atoms with van der Waals surface area (Å²) in [5.41, 5.74) is -0.448. The van der Waals surface area contributed by atoms with E-state index in [1.54, 1.807) is 4.90 Å². The molecule has 23 heavy (non-hydrogen) atoms. The van der Waals surface area contributed by atoms with Gasteiger partial charge in [0.1, 0.15) is 5.60 Å². The van der Waals surface area contributed by atoms with Crippen LogP contribution in [0.1, 0.15) is 46.5 Å². The zero-order valence-corrected chi connectivity index (χ0v) is 14.7. The van der Waals surface area contributed by atoms with Gasteiger partial charge in [-0.2, -0.15) is 0 Å². The average molecular weight is 328 g/mol. The third-order valence-electron chi connectivity index (χ3n) is 4.78. The van der Waals surface area contributed by atoms with Crippen molar-refractivity contribution in [3.63, 3.8) is 0 Å². The summed E-state index contributed by atoms with van der Waals surface area (Å²) in [4.78, 5) is 16.2. The normalized spacial score (nSPS) is 28.0. The van der Waals surface area contributed by atoms with E-state index < -0.39 is 5.60 Å². The Morgan fingerprint density at radius 1 is 1.17 bits per heavy atom. The number of hydrogen-bond donors (Lipinski definition) is 2. The number of rotatable bonds is 3. The van der Waals surface area contributed by atoms with E-state index in [0.29, 0.717) is 12.3 Å². The van der Waals surface area contributed by atoms with E-state index in [-0.39, 0.29) is 24.8 Å². The van der Waals surface area contributed by atoms with Gasteiger partial charge in [0.2, 0.25) is 0 Å². The number of carbonyl (C=O) groups is 1. The predicted octanol–water partition coefficient (Wildman–Crippen LogP) is 1.45. The van der Waals surface area contributed by atoms with Crippen LogP contribution < -0.4 is 0 Å². The Kier molecular flexibility index (Phi) is 6.28. The van der Waals surface area contributed by atoms with Crippen LogP contribution in [0.25, 0.3) is 0 Å². The molecule has 6 heteroatoms. The fourth-order valence-electron chi connectivity index (χ4n) is 3.47. The Labute approximate surface area is 139 Å². The Balaban J connectivity index is 1.77. The predicted molar refractivity (Wildman–Crippen MR) is 88.2 cm³/mol. The maximum atomic E-state index is 12.1. The lowest BCUT2D eigenvalue weighted by Gasteiger charge is -2.41. The SMILES string of the molecule is CC(C)(C)OC(=O)N1CCC(CN2CCC(O)CC2CO)CC1. The van der Waals surface area contributed by atoms with E-state index >= 15 is 0 Å². The second-order valence-electron chi connectivity index (χ2n) is 7.92. The average Bonchev–Trinajstić information content (AvgIpc) is 2.48. The molecule has 2 aliphatic heterocycles. The van der Waals surface area contributed by atoms with Crippen LogP contribution in [-0.4, -0.2) is 76.6 Å². The Morgan fingerprint density at radius 3 is 2.39 bits per heavy atom. The van der Waals surface area contributed by atoms with Crippen LogP contribution in [0.2, 0.25) is 0 Å². The molecule has 2 saturated heterocycles. The van der Waals surface area contributed by atoms with Crippen LogP contribution in [-0.2, 0) is 4.74 Å². The second-order valence-corrected chi connectivity index (χ2v) is 7.92. The van der Waals surface area contributed by atoms with Gasteiger partial charge in [-0.25, -0.2) is 4.79 Å². The number of nitrogens with zero attached hydrogens (tertiary/aromatic N) is 2. The van der Waals surface area contributed by atoms with E-state index in [9.17, 15) is 15.0 Å². The molecule has 0 aromatic heterocycles. The van der Waals surface area contributed by atoms with Crippen LogP contribution in [0.3, 0.4) is 0 Å². The topological polar surface area (TPSA) is 73.2 Å². The summed E-state index contributed by atoms with van der Waals surface area (Å²) in [6, 6.07) is 0.0719. The third kappa shape index (κ3) is 5.62. The molecule has 2 atom stereocenters. The summed E-state index contributed by atoms with van der Waals surface area (Å²) >= 11 is 0. The van der Waals surface area contributed by atoms with Crippen molar-refractivity contribution in [2.24, 2.45) is 5.92 Å². The van der Waals surface area contributed by atoms with Crippen molar-refractivity contribution in [1.82, 2.24) is 9.80 Å². The van der Waals surface area contributed by atoms with Crippen LogP contribution in [0.5, 0.6) is 0 Å². The molecule has 2 fully saturated rings.